The second kappa shape index (κ2) is 10.5. The summed E-state index contributed by atoms with van der Waals surface area (Å²) in [6.45, 7) is 2.91. The third-order valence-electron chi connectivity index (χ3n) is 7.33. The van der Waals surface area contributed by atoms with Gasteiger partial charge in [-0.1, -0.05) is 78.9 Å². The lowest BCUT2D eigenvalue weighted by Gasteiger charge is -2.39. The molecule has 190 valence electrons. The van der Waals surface area contributed by atoms with Crippen LogP contribution in [0.25, 0.3) is 17.1 Å². The smallest absolute Gasteiger partial charge is 0.272 e. The normalized spacial score (nSPS) is 14.2. The molecule has 6 heteroatoms. The molecule has 1 amide bonds. The number of rotatable bonds is 6. The Labute approximate surface area is 223 Å². The lowest BCUT2D eigenvalue weighted by atomic mass is 9.96. The molecule has 0 atom stereocenters. The van der Waals surface area contributed by atoms with E-state index in [1.807, 2.05) is 71.2 Å². The molecule has 0 spiro atoms. The van der Waals surface area contributed by atoms with E-state index in [2.05, 4.69) is 65.6 Å². The molecule has 2 aromatic heterocycles. The van der Waals surface area contributed by atoms with Crippen molar-refractivity contribution in [2.45, 2.75) is 6.04 Å². The quantitative estimate of drug-likeness (QED) is 0.312. The molecule has 0 bridgehead atoms. The van der Waals surface area contributed by atoms with E-state index in [4.69, 9.17) is 5.10 Å². The second-order valence-electron chi connectivity index (χ2n) is 9.72. The first-order chi connectivity index (χ1) is 18.7. The minimum absolute atomic E-state index is 0.0115. The molecule has 0 unspecified atom stereocenters. The Kier molecular flexibility index (Phi) is 6.63. The number of hydrogen-bond acceptors (Lipinski definition) is 3. The molecular weight excluding hydrogens is 470 g/mol. The van der Waals surface area contributed by atoms with Gasteiger partial charge in [-0.3, -0.25) is 9.69 Å². The standard InChI is InChI=1S/C32H31N5O/c1-34-19-11-18-29(34)28-24-30(37(33-28)27-16-9-4-10-17-27)32(38)36-22-20-35(21-23-36)31(25-12-5-2-6-13-25)26-14-7-3-8-15-26/h2-19,24,31H,20-23H2,1H3. The Morgan fingerprint density at radius 3 is 1.87 bits per heavy atom. The van der Waals surface area contributed by atoms with Gasteiger partial charge in [-0.2, -0.15) is 5.10 Å². The van der Waals surface area contributed by atoms with Gasteiger partial charge in [0.15, 0.2) is 0 Å². The second-order valence-corrected chi connectivity index (χ2v) is 9.72. The fourth-order valence-corrected chi connectivity index (χ4v) is 5.38. The van der Waals surface area contributed by atoms with Crippen molar-refractivity contribution in [3.63, 3.8) is 0 Å². The van der Waals surface area contributed by atoms with Gasteiger partial charge in [-0.25, -0.2) is 4.68 Å². The number of aromatic nitrogens is 3. The molecule has 3 heterocycles. The maximum absolute atomic E-state index is 13.9. The number of para-hydroxylation sites is 1. The van der Waals surface area contributed by atoms with Crippen LogP contribution in [0.4, 0.5) is 0 Å². The molecule has 1 aliphatic heterocycles. The van der Waals surface area contributed by atoms with Crippen molar-refractivity contribution in [3.05, 3.63) is 132 Å². The minimum atomic E-state index is 0.0115. The zero-order chi connectivity index (χ0) is 25.9. The third-order valence-corrected chi connectivity index (χ3v) is 7.33. The number of nitrogens with zero attached hydrogens (tertiary/aromatic N) is 5. The number of piperazine rings is 1. The van der Waals surface area contributed by atoms with Gasteiger partial charge in [-0.15, -0.1) is 0 Å². The first kappa shape index (κ1) is 23.9. The topological polar surface area (TPSA) is 46.3 Å². The minimum Gasteiger partial charge on any atom is -0.349 e. The van der Waals surface area contributed by atoms with E-state index < -0.39 is 0 Å². The van der Waals surface area contributed by atoms with Crippen LogP contribution in [-0.2, 0) is 7.05 Å². The SMILES string of the molecule is Cn1cccc1-c1cc(C(=O)N2CCN(C(c3ccccc3)c3ccccc3)CC2)n(-c2ccccc2)n1. The Bertz CT molecular complexity index is 1460. The molecule has 3 aromatic carbocycles. The van der Waals surface area contributed by atoms with Gasteiger partial charge >= 0.3 is 0 Å². The fourth-order valence-electron chi connectivity index (χ4n) is 5.38. The number of amides is 1. The summed E-state index contributed by atoms with van der Waals surface area (Å²) in [6.07, 6.45) is 1.99. The molecule has 1 aliphatic rings. The van der Waals surface area contributed by atoms with Crippen LogP contribution in [0, 0.1) is 0 Å². The summed E-state index contributed by atoms with van der Waals surface area (Å²) in [5.41, 5.74) is 5.77. The van der Waals surface area contributed by atoms with E-state index >= 15 is 0 Å². The highest BCUT2D eigenvalue weighted by molar-refractivity contribution is 5.94. The molecule has 5 aromatic rings. The highest BCUT2D eigenvalue weighted by Crippen LogP contribution is 2.30. The molecule has 0 saturated carbocycles. The maximum Gasteiger partial charge on any atom is 0.272 e. The van der Waals surface area contributed by atoms with Gasteiger partial charge in [0.2, 0.25) is 0 Å². The Morgan fingerprint density at radius 2 is 1.32 bits per heavy atom. The monoisotopic (exact) mass is 501 g/mol. The zero-order valence-corrected chi connectivity index (χ0v) is 21.5. The van der Waals surface area contributed by atoms with Crippen LogP contribution in [0.1, 0.15) is 27.7 Å². The molecule has 6 rings (SSSR count). The van der Waals surface area contributed by atoms with E-state index in [9.17, 15) is 4.79 Å². The van der Waals surface area contributed by atoms with Crippen molar-refractivity contribution in [2.24, 2.45) is 7.05 Å². The van der Waals surface area contributed by atoms with Gasteiger partial charge in [0.05, 0.1) is 17.4 Å². The van der Waals surface area contributed by atoms with Crippen molar-refractivity contribution in [3.8, 4) is 17.1 Å². The summed E-state index contributed by atoms with van der Waals surface area (Å²) in [5, 5.41) is 4.86. The highest BCUT2D eigenvalue weighted by Gasteiger charge is 2.30. The summed E-state index contributed by atoms with van der Waals surface area (Å²) < 4.78 is 3.81. The predicted octanol–water partition coefficient (Wildman–Crippen LogP) is 5.43. The highest BCUT2D eigenvalue weighted by atomic mass is 16.2. The summed E-state index contributed by atoms with van der Waals surface area (Å²) in [7, 11) is 1.99. The number of carbonyl (C=O) groups excluding carboxylic acids is 1. The average molecular weight is 502 g/mol. The largest absolute Gasteiger partial charge is 0.349 e. The van der Waals surface area contributed by atoms with Gasteiger partial charge < -0.3 is 9.47 Å². The Balaban J connectivity index is 1.27. The van der Waals surface area contributed by atoms with Crippen molar-refractivity contribution in [1.82, 2.24) is 24.1 Å². The van der Waals surface area contributed by atoms with Gasteiger partial charge in [-0.05, 0) is 41.5 Å². The van der Waals surface area contributed by atoms with E-state index in [0.717, 1.165) is 30.2 Å². The van der Waals surface area contributed by atoms with Crippen molar-refractivity contribution in [2.75, 3.05) is 26.2 Å². The van der Waals surface area contributed by atoms with Crippen LogP contribution in [0.15, 0.2) is 115 Å². The maximum atomic E-state index is 13.9. The molecule has 1 saturated heterocycles. The summed E-state index contributed by atoms with van der Waals surface area (Å²) >= 11 is 0. The molecule has 0 N–H and O–H groups in total. The Hall–Kier alpha value is -4.42. The van der Waals surface area contributed by atoms with Crippen molar-refractivity contribution < 1.29 is 4.79 Å². The van der Waals surface area contributed by atoms with Gasteiger partial charge in [0.25, 0.3) is 5.91 Å². The first-order valence-corrected chi connectivity index (χ1v) is 13.1. The van der Waals surface area contributed by atoms with Crippen LogP contribution < -0.4 is 0 Å². The Morgan fingerprint density at radius 1 is 0.737 bits per heavy atom. The zero-order valence-electron chi connectivity index (χ0n) is 21.5. The van der Waals surface area contributed by atoms with Crippen LogP contribution >= 0.6 is 0 Å². The third kappa shape index (κ3) is 4.66. The number of aryl methyl sites for hydroxylation is 1. The van der Waals surface area contributed by atoms with E-state index in [1.165, 1.54) is 11.1 Å². The van der Waals surface area contributed by atoms with Gasteiger partial charge in [0.1, 0.15) is 11.4 Å². The van der Waals surface area contributed by atoms with Crippen LogP contribution in [0.5, 0.6) is 0 Å². The number of carbonyl (C=O) groups is 1. The first-order valence-electron chi connectivity index (χ1n) is 13.1. The van der Waals surface area contributed by atoms with Crippen molar-refractivity contribution >= 4 is 5.91 Å². The van der Waals surface area contributed by atoms with Gasteiger partial charge in [0, 0.05) is 39.4 Å². The molecular formula is C32H31N5O. The lowest BCUT2D eigenvalue weighted by molar-refractivity contribution is 0.0589. The fraction of sp³-hybridized carbons (Fsp3) is 0.188. The van der Waals surface area contributed by atoms with Crippen LogP contribution in [0.3, 0.4) is 0 Å². The van der Waals surface area contributed by atoms with E-state index in [0.29, 0.717) is 18.8 Å². The van der Waals surface area contributed by atoms with Crippen molar-refractivity contribution in [1.29, 1.82) is 0 Å². The average Bonchev–Trinajstić information content (AvgIpc) is 3.61. The number of benzene rings is 3. The van der Waals surface area contributed by atoms with E-state index in [1.54, 1.807) is 4.68 Å². The molecule has 1 fully saturated rings. The van der Waals surface area contributed by atoms with Crippen LogP contribution in [-0.4, -0.2) is 56.2 Å². The predicted molar refractivity (Wildman–Crippen MR) is 150 cm³/mol. The van der Waals surface area contributed by atoms with E-state index in [-0.39, 0.29) is 11.9 Å². The summed E-state index contributed by atoms with van der Waals surface area (Å²) in [5.74, 6) is 0.0115. The summed E-state index contributed by atoms with van der Waals surface area (Å²) in [6, 6.07) is 37.3. The summed E-state index contributed by atoms with van der Waals surface area (Å²) in [4.78, 5) is 18.4. The molecule has 38 heavy (non-hydrogen) atoms. The molecule has 0 aliphatic carbocycles. The lowest BCUT2D eigenvalue weighted by Crippen LogP contribution is -2.50. The molecule has 6 nitrogen and oxygen atoms in total. The number of hydrogen-bond donors (Lipinski definition) is 0. The molecule has 0 radical (unpaired) electrons. The van der Waals surface area contributed by atoms with Crippen LogP contribution in [0.2, 0.25) is 0 Å².